The fraction of sp³-hybridized carbons (Fsp3) is 0.818. The number of carbonyl (C=O) groups excluding carboxylic acids is 2. The Kier molecular flexibility index (Phi) is 7.49. The first-order valence-electron chi connectivity index (χ1n) is 5.93. The van der Waals surface area contributed by atoms with Gasteiger partial charge in [0.15, 0.2) is 0 Å². The van der Waals surface area contributed by atoms with Crippen LogP contribution in [-0.4, -0.2) is 25.0 Å². The SMILES string of the molecule is CCONC(=O)C(CC)(CC)C(=O)NOCC. The van der Waals surface area contributed by atoms with Gasteiger partial charge in [-0.15, -0.1) is 0 Å². The number of carbonyl (C=O) groups is 2. The molecule has 0 aromatic rings. The maximum absolute atomic E-state index is 11.9. The lowest BCUT2D eigenvalue weighted by atomic mass is 9.81. The monoisotopic (exact) mass is 246 g/mol. The van der Waals surface area contributed by atoms with Crippen molar-refractivity contribution in [3.63, 3.8) is 0 Å². The number of rotatable bonds is 8. The number of hydrogen-bond acceptors (Lipinski definition) is 4. The summed E-state index contributed by atoms with van der Waals surface area (Å²) < 4.78 is 0. The summed E-state index contributed by atoms with van der Waals surface area (Å²) in [6.45, 7) is 7.76. The molecule has 0 atom stereocenters. The molecule has 2 amide bonds. The van der Waals surface area contributed by atoms with Gasteiger partial charge in [0.2, 0.25) is 0 Å². The van der Waals surface area contributed by atoms with E-state index in [9.17, 15) is 9.59 Å². The lowest BCUT2D eigenvalue weighted by Crippen LogP contribution is -2.50. The van der Waals surface area contributed by atoms with Crippen LogP contribution in [0.15, 0.2) is 0 Å². The van der Waals surface area contributed by atoms with Gasteiger partial charge in [0.1, 0.15) is 5.41 Å². The third-order valence-electron chi connectivity index (χ3n) is 2.69. The Morgan fingerprint density at radius 2 is 1.24 bits per heavy atom. The molecule has 0 rings (SSSR count). The van der Waals surface area contributed by atoms with Crippen molar-refractivity contribution >= 4 is 11.8 Å². The predicted molar refractivity (Wildman–Crippen MR) is 62.6 cm³/mol. The molecule has 0 saturated heterocycles. The van der Waals surface area contributed by atoms with Gasteiger partial charge in [-0.25, -0.2) is 11.0 Å². The first-order valence-corrected chi connectivity index (χ1v) is 5.93. The second-order valence-electron chi connectivity index (χ2n) is 3.52. The van der Waals surface area contributed by atoms with E-state index in [4.69, 9.17) is 9.68 Å². The maximum Gasteiger partial charge on any atom is 0.259 e. The summed E-state index contributed by atoms with van der Waals surface area (Å²) in [4.78, 5) is 33.6. The highest BCUT2D eigenvalue weighted by atomic mass is 16.7. The second-order valence-corrected chi connectivity index (χ2v) is 3.52. The first kappa shape index (κ1) is 15.9. The Hall–Kier alpha value is -1.14. The quantitative estimate of drug-likeness (QED) is 0.493. The summed E-state index contributed by atoms with van der Waals surface area (Å²) in [7, 11) is 0. The van der Waals surface area contributed by atoms with E-state index in [0.29, 0.717) is 26.1 Å². The molecule has 0 saturated carbocycles. The van der Waals surface area contributed by atoms with Crippen LogP contribution in [0.3, 0.4) is 0 Å². The van der Waals surface area contributed by atoms with Gasteiger partial charge < -0.3 is 0 Å². The molecule has 0 aromatic carbocycles. The predicted octanol–water partition coefficient (Wildman–Crippen LogP) is 0.928. The Bertz CT molecular complexity index is 230. The van der Waals surface area contributed by atoms with Crippen molar-refractivity contribution in [2.75, 3.05) is 13.2 Å². The molecule has 0 aliphatic heterocycles. The van der Waals surface area contributed by atoms with E-state index < -0.39 is 17.2 Å². The van der Waals surface area contributed by atoms with E-state index in [1.807, 2.05) is 0 Å². The van der Waals surface area contributed by atoms with Gasteiger partial charge in [0.05, 0.1) is 13.2 Å². The van der Waals surface area contributed by atoms with Gasteiger partial charge >= 0.3 is 0 Å². The topological polar surface area (TPSA) is 76.7 Å². The van der Waals surface area contributed by atoms with Crippen LogP contribution in [-0.2, 0) is 19.3 Å². The first-order chi connectivity index (χ1) is 8.08. The molecule has 0 aromatic heterocycles. The van der Waals surface area contributed by atoms with Crippen LogP contribution in [0.2, 0.25) is 0 Å². The number of nitrogens with one attached hydrogen (secondary N) is 2. The van der Waals surface area contributed by atoms with Crippen molar-refractivity contribution < 1.29 is 19.3 Å². The van der Waals surface area contributed by atoms with Crippen LogP contribution in [0, 0.1) is 5.41 Å². The third kappa shape index (κ3) is 3.98. The van der Waals surface area contributed by atoms with Crippen molar-refractivity contribution in [3.8, 4) is 0 Å². The van der Waals surface area contributed by atoms with Crippen LogP contribution in [0.5, 0.6) is 0 Å². The molecule has 17 heavy (non-hydrogen) atoms. The van der Waals surface area contributed by atoms with Crippen molar-refractivity contribution in [2.24, 2.45) is 5.41 Å². The minimum atomic E-state index is -1.15. The molecule has 0 fully saturated rings. The summed E-state index contributed by atoms with van der Waals surface area (Å²) in [6, 6.07) is 0. The van der Waals surface area contributed by atoms with Crippen LogP contribution in [0.1, 0.15) is 40.5 Å². The van der Waals surface area contributed by atoms with E-state index in [1.54, 1.807) is 27.7 Å². The highest BCUT2D eigenvalue weighted by Crippen LogP contribution is 2.27. The molecule has 0 heterocycles. The van der Waals surface area contributed by atoms with Crippen LogP contribution < -0.4 is 11.0 Å². The fourth-order valence-corrected chi connectivity index (χ4v) is 1.47. The second kappa shape index (κ2) is 8.03. The molecule has 6 heteroatoms. The van der Waals surface area contributed by atoms with E-state index >= 15 is 0 Å². The van der Waals surface area contributed by atoms with Crippen LogP contribution in [0.25, 0.3) is 0 Å². The lowest BCUT2D eigenvalue weighted by molar-refractivity contribution is -0.158. The molecule has 0 bridgehead atoms. The van der Waals surface area contributed by atoms with E-state index in [1.165, 1.54) is 0 Å². The molecule has 100 valence electrons. The zero-order valence-corrected chi connectivity index (χ0v) is 11.0. The molecular weight excluding hydrogens is 224 g/mol. The van der Waals surface area contributed by atoms with Gasteiger partial charge in [-0.1, -0.05) is 13.8 Å². The van der Waals surface area contributed by atoms with Crippen LogP contribution in [0.4, 0.5) is 0 Å². The smallest absolute Gasteiger partial charge is 0.259 e. The highest BCUT2D eigenvalue weighted by Gasteiger charge is 2.43. The van der Waals surface area contributed by atoms with Crippen molar-refractivity contribution in [1.82, 2.24) is 11.0 Å². The molecule has 0 aliphatic rings. The lowest BCUT2D eigenvalue weighted by Gasteiger charge is -2.27. The summed E-state index contributed by atoms with van der Waals surface area (Å²) in [5, 5.41) is 0. The van der Waals surface area contributed by atoms with Gasteiger partial charge in [0, 0.05) is 0 Å². The van der Waals surface area contributed by atoms with E-state index in [2.05, 4.69) is 11.0 Å². The van der Waals surface area contributed by atoms with Gasteiger partial charge in [-0.05, 0) is 26.7 Å². The minimum absolute atomic E-state index is 0.350. The van der Waals surface area contributed by atoms with Crippen molar-refractivity contribution in [2.45, 2.75) is 40.5 Å². The number of amides is 2. The van der Waals surface area contributed by atoms with Crippen LogP contribution >= 0.6 is 0 Å². The van der Waals surface area contributed by atoms with E-state index in [0.717, 1.165) is 0 Å². The molecule has 0 spiro atoms. The van der Waals surface area contributed by atoms with Gasteiger partial charge in [-0.2, -0.15) is 0 Å². The van der Waals surface area contributed by atoms with Gasteiger partial charge in [-0.3, -0.25) is 19.3 Å². The normalized spacial score (nSPS) is 11.1. The standard InChI is InChI=1S/C11H22N2O4/c1-5-11(6-2,9(14)12-16-7-3)10(15)13-17-8-4/h5-8H2,1-4H3,(H,12,14)(H,13,15). The molecule has 0 radical (unpaired) electrons. The fourth-order valence-electron chi connectivity index (χ4n) is 1.47. The Morgan fingerprint density at radius 3 is 1.47 bits per heavy atom. The third-order valence-corrected chi connectivity index (χ3v) is 2.69. The Balaban J connectivity index is 4.75. The zero-order chi connectivity index (χ0) is 13.3. The molecule has 0 aliphatic carbocycles. The summed E-state index contributed by atoms with van der Waals surface area (Å²) in [5.74, 6) is -0.886. The largest absolute Gasteiger partial charge is 0.274 e. The van der Waals surface area contributed by atoms with E-state index in [-0.39, 0.29) is 0 Å². The summed E-state index contributed by atoms with van der Waals surface area (Å²) in [6.07, 6.45) is 0.753. The zero-order valence-electron chi connectivity index (χ0n) is 11.0. The number of hydrogen-bond donors (Lipinski definition) is 2. The molecule has 2 N–H and O–H groups in total. The highest BCUT2D eigenvalue weighted by molar-refractivity contribution is 6.04. The molecule has 0 unspecified atom stereocenters. The number of hydroxylamine groups is 2. The summed E-state index contributed by atoms with van der Waals surface area (Å²) >= 11 is 0. The van der Waals surface area contributed by atoms with Gasteiger partial charge in [0.25, 0.3) is 11.8 Å². The average molecular weight is 246 g/mol. The van der Waals surface area contributed by atoms with Crippen molar-refractivity contribution in [1.29, 1.82) is 0 Å². The molecule has 6 nitrogen and oxygen atoms in total. The summed E-state index contributed by atoms with van der Waals surface area (Å²) in [5.41, 5.74) is 3.41. The van der Waals surface area contributed by atoms with Crippen molar-refractivity contribution in [3.05, 3.63) is 0 Å². The molecular formula is C11H22N2O4. The Morgan fingerprint density at radius 1 is 0.882 bits per heavy atom. The minimum Gasteiger partial charge on any atom is -0.274 e. The Labute approximate surface area is 102 Å². The maximum atomic E-state index is 11.9. The average Bonchev–Trinajstić information content (AvgIpc) is 2.35.